The zero-order chi connectivity index (χ0) is 14.4. The molecule has 5 heteroatoms. The summed E-state index contributed by atoms with van der Waals surface area (Å²) < 4.78 is 11.2. The molecular formula is C15H20N2O3. The first-order valence-corrected chi connectivity index (χ1v) is 6.70. The fourth-order valence-corrected chi connectivity index (χ4v) is 1.93. The molecule has 0 unspecified atom stereocenters. The number of amides is 2. The Morgan fingerprint density at radius 2 is 2.45 bits per heavy atom. The minimum Gasteiger partial charge on any atom is -0.488 e. The lowest BCUT2D eigenvalue weighted by Crippen LogP contribution is -2.28. The van der Waals surface area contributed by atoms with Crippen LogP contribution in [0.2, 0.25) is 0 Å². The maximum Gasteiger partial charge on any atom is 0.319 e. The van der Waals surface area contributed by atoms with Crippen LogP contribution in [0, 0.1) is 6.92 Å². The van der Waals surface area contributed by atoms with Gasteiger partial charge in [0.05, 0.1) is 13.2 Å². The molecule has 1 aliphatic heterocycles. The van der Waals surface area contributed by atoms with E-state index in [1.54, 1.807) is 6.08 Å². The molecule has 1 aromatic carbocycles. The summed E-state index contributed by atoms with van der Waals surface area (Å²) in [6.45, 7) is 7.32. The summed E-state index contributed by atoms with van der Waals surface area (Å²) in [5, 5.41) is 5.42. The Labute approximate surface area is 119 Å². The Bertz CT molecular complexity index is 482. The molecule has 2 N–H and O–H groups in total. The van der Waals surface area contributed by atoms with Crippen molar-refractivity contribution in [2.45, 2.75) is 19.4 Å². The second-order valence-electron chi connectivity index (χ2n) is 4.71. The topological polar surface area (TPSA) is 59.6 Å². The third-order valence-corrected chi connectivity index (χ3v) is 3.03. The van der Waals surface area contributed by atoms with E-state index >= 15 is 0 Å². The van der Waals surface area contributed by atoms with E-state index in [2.05, 4.69) is 17.2 Å². The largest absolute Gasteiger partial charge is 0.488 e. The van der Waals surface area contributed by atoms with E-state index in [4.69, 9.17) is 9.47 Å². The summed E-state index contributed by atoms with van der Waals surface area (Å²) in [5.74, 6) is 0.780. The molecule has 0 bridgehead atoms. The lowest BCUT2D eigenvalue weighted by atomic mass is 10.2. The average Bonchev–Trinajstić information content (AvgIpc) is 2.93. The van der Waals surface area contributed by atoms with Gasteiger partial charge in [-0.3, -0.25) is 0 Å². The van der Waals surface area contributed by atoms with Gasteiger partial charge in [-0.25, -0.2) is 4.79 Å². The minimum atomic E-state index is -0.260. The zero-order valence-electron chi connectivity index (χ0n) is 11.6. The number of hydrogen-bond donors (Lipinski definition) is 2. The van der Waals surface area contributed by atoms with Gasteiger partial charge in [0.25, 0.3) is 0 Å². The lowest BCUT2D eigenvalue weighted by Gasteiger charge is -2.15. The number of carbonyl (C=O) groups is 1. The second-order valence-corrected chi connectivity index (χ2v) is 4.71. The molecule has 0 saturated carbocycles. The van der Waals surface area contributed by atoms with Gasteiger partial charge in [-0.15, -0.1) is 6.58 Å². The molecule has 0 radical (unpaired) electrons. The normalized spacial score (nSPS) is 17.6. The maximum atomic E-state index is 11.6. The van der Waals surface area contributed by atoms with Gasteiger partial charge in [0, 0.05) is 24.7 Å². The summed E-state index contributed by atoms with van der Waals surface area (Å²) in [6.07, 6.45) is 2.62. The standard InChI is InChI=1S/C15H20N2O3/c1-3-7-16-15(18)17-12-5-4-11(2)14(9-12)20-13-6-8-19-10-13/h3-5,9,13H,1,6-8,10H2,2H3,(H2,16,17,18)/t13-/m1/s1. The molecule has 1 fully saturated rings. The molecule has 1 aliphatic rings. The Hall–Kier alpha value is -2.01. The van der Waals surface area contributed by atoms with Crippen LogP contribution in [-0.2, 0) is 4.74 Å². The first-order valence-electron chi connectivity index (χ1n) is 6.70. The first-order chi connectivity index (χ1) is 9.69. The molecular weight excluding hydrogens is 256 g/mol. The number of urea groups is 1. The van der Waals surface area contributed by atoms with Crippen LogP contribution in [0.25, 0.3) is 0 Å². The number of rotatable bonds is 5. The molecule has 1 aromatic rings. The van der Waals surface area contributed by atoms with Crippen molar-refractivity contribution in [3.05, 3.63) is 36.4 Å². The van der Waals surface area contributed by atoms with Crippen molar-refractivity contribution in [2.75, 3.05) is 25.1 Å². The van der Waals surface area contributed by atoms with E-state index in [0.717, 1.165) is 24.3 Å². The Kier molecular flexibility index (Phi) is 5.01. The van der Waals surface area contributed by atoms with Crippen LogP contribution in [0.15, 0.2) is 30.9 Å². The summed E-state index contributed by atoms with van der Waals surface area (Å²) in [7, 11) is 0. The maximum absolute atomic E-state index is 11.6. The lowest BCUT2D eigenvalue weighted by molar-refractivity contribution is 0.141. The van der Waals surface area contributed by atoms with Crippen LogP contribution in [0.3, 0.4) is 0 Å². The molecule has 0 aliphatic carbocycles. The Morgan fingerprint density at radius 3 is 3.15 bits per heavy atom. The van der Waals surface area contributed by atoms with Crippen molar-refractivity contribution in [1.82, 2.24) is 5.32 Å². The van der Waals surface area contributed by atoms with E-state index in [9.17, 15) is 4.79 Å². The highest BCUT2D eigenvalue weighted by Gasteiger charge is 2.18. The van der Waals surface area contributed by atoms with Crippen LogP contribution in [-0.4, -0.2) is 31.9 Å². The van der Waals surface area contributed by atoms with Crippen molar-refractivity contribution in [3.63, 3.8) is 0 Å². The summed E-state index contributed by atoms with van der Waals surface area (Å²) >= 11 is 0. The number of carbonyl (C=O) groups excluding carboxylic acids is 1. The predicted octanol–water partition coefficient (Wildman–Crippen LogP) is 2.47. The number of benzene rings is 1. The van der Waals surface area contributed by atoms with Gasteiger partial charge in [-0.1, -0.05) is 12.1 Å². The predicted molar refractivity (Wildman–Crippen MR) is 78.2 cm³/mol. The first kappa shape index (κ1) is 14.4. The quantitative estimate of drug-likeness (QED) is 0.812. The number of anilines is 1. The van der Waals surface area contributed by atoms with Crippen molar-refractivity contribution in [3.8, 4) is 5.75 Å². The second kappa shape index (κ2) is 6.96. The average molecular weight is 276 g/mol. The van der Waals surface area contributed by atoms with Crippen LogP contribution >= 0.6 is 0 Å². The van der Waals surface area contributed by atoms with Crippen LogP contribution in [0.5, 0.6) is 5.75 Å². The molecule has 108 valence electrons. The van der Waals surface area contributed by atoms with E-state index in [-0.39, 0.29) is 12.1 Å². The Morgan fingerprint density at radius 1 is 1.60 bits per heavy atom. The van der Waals surface area contributed by atoms with Crippen LogP contribution in [0.1, 0.15) is 12.0 Å². The SMILES string of the molecule is C=CCNC(=O)Nc1ccc(C)c(O[C@@H]2CCOC2)c1. The molecule has 20 heavy (non-hydrogen) atoms. The van der Waals surface area contributed by atoms with Gasteiger partial charge in [-0.2, -0.15) is 0 Å². The number of aryl methyl sites for hydroxylation is 1. The fraction of sp³-hybridized carbons (Fsp3) is 0.400. The highest BCUT2D eigenvalue weighted by Crippen LogP contribution is 2.25. The van der Waals surface area contributed by atoms with Crippen molar-refractivity contribution in [1.29, 1.82) is 0 Å². The molecule has 1 saturated heterocycles. The molecule has 1 atom stereocenters. The smallest absolute Gasteiger partial charge is 0.319 e. The van der Waals surface area contributed by atoms with E-state index in [1.807, 2.05) is 25.1 Å². The summed E-state index contributed by atoms with van der Waals surface area (Å²) in [5.41, 5.74) is 1.74. The molecule has 5 nitrogen and oxygen atoms in total. The number of ether oxygens (including phenoxy) is 2. The van der Waals surface area contributed by atoms with Gasteiger partial charge in [0.1, 0.15) is 11.9 Å². The van der Waals surface area contributed by atoms with Gasteiger partial charge < -0.3 is 20.1 Å². The molecule has 1 heterocycles. The molecule has 2 rings (SSSR count). The van der Waals surface area contributed by atoms with E-state index < -0.39 is 0 Å². The monoisotopic (exact) mass is 276 g/mol. The fourth-order valence-electron chi connectivity index (χ4n) is 1.93. The van der Waals surface area contributed by atoms with Crippen LogP contribution in [0.4, 0.5) is 10.5 Å². The minimum absolute atomic E-state index is 0.0959. The zero-order valence-corrected chi connectivity index (χ0v) is 11.6. The molecule has 2 amide bonds. The third-order valence-electron chi connectivity index (χ3n) is 3.03. The van der Waals surface area contributed by atoms with Crippen molar-refractivity contribution < 1.29 is 14.3 Å². The van der Waals surface area contributed by atoms with E-state index in [0.29, 0.717) is 18.8 Å². The number of nitrogens with one attached hydrogen (secondary N) is 2. The summed E-state index contributed by atoms with van der Waals surface area (Å²) in [4.78, 5) is 11.6. The van der Waals surface area contributed by atoms with Crippen molar-refractivity contribution >= 4 is 11.7 Å². The van der Waals surface area contributed by atoms with E-state index in [1.165, 1.54) is 0 Å². The highest BCUT2D eigenvalue weighted by molar-refractivity contribution is 5.89. The number of hydrogen-bond acceptors (Lipinski definition) is 3. The summed E-state index contributed by atoms with van der Waals surface area (Å²) in [6, 6.07) is 5.35. The molecule has 0 aromatic heterocycles. The molecule has 0 spiro atoms. The third kappa shape index (κ3) is 3.99. The van der Waals surface area contributed by atoms with Gasteiger partial charge in [-0.05, 0) is 18.6 Å². The van der Waals surface area contributed by atoms with Gasteiger partial charge in [0.15, 0.2) is 0 Å². The van der Waals surface area contributed by atoms with Gasteiger partial charge in [0.2, 0.25) is 0 Å². The van der Waals surface area contributed by atoms with Gasteiger partial charge >= 0.3 is 6.03 Å². The van der Waals surface area contributed by atoms with Crippen molar-refractivity contribution in [2.24, 2.45) is 0 Å². The van der Waals surface area contributed by atoms with Crippen LogP contribution < -0.4 is 15.4 Å². The highest BCUT2D eigenvalue weighted by atomic mass is 16.5. The Balaban J connectivity index is 1.99.